The van der Waals surface area contributed by atoms with Crippen molar-refractivity contribution in [3.05, 3.63) is 69.8 Å². The number of hydrogen-bond acceptors (Lipinski definition) is 1. The highest BCUT2D eigenvalue weighted by atomic mass is 14.9. The van der Waals surface area contributed by atoms with Crippen molar-refractivity contribution in [3.8, 4) is 0 Å². The fraction of sp³-hybridized carbons (Fsp3) is 0.368. The van der Waals surface area contributed by atoms with Gasteiger partial charge < -0.3 is 5.32 Å². The first-order valence-electron chi connectivity index (χ1n) is 7.32. The molecule has 20 heavy (non-hydrogen) atoms. The zero-order valence-corrected chi connectivity index (χ0v) is 13.2. The van der Waals surface area contributed by atoms with Gasteiger partial charge in [0.05, 0.1) is 0 Å². The van der Waals surface area contributed by atoms with Crippen molar-refractivity contribution in [1.82, 2.24) is 5.32 Å². The average molecular weight is 267 g/mol. The maximum absolute atomic E-state index is 3.47. The molecule has 0 aliphatic heterocycles. The van der Waals surface area contributed by atoms with Crippen LogP contribution in [-0.2, 0) is 6.42 Å². The molecule has 0 saturated carbocycles. The van der Waals surface area contributed by atoms with E-state index in [4.69, 9.17) is 0 Å². The van der Waals surface area contributed by atoms with E-state index < -0.39 is 0 Å². The Morgan fingerprint density at radius 2 is 1.65 bits per heavy atom. The van der Waals surface area contributed by atoms with Crippen molar-refractivity contribution in [3.63, 3.8) is 0 Å². The second kappa shape index (κ2) is 6.23. The lowest BCUT2D eigenvalue weighted by atomic mass is 9.92. The average Bonchev–Trinajstić information content (AvgIpc) is 2.43. The minimum absolute atomic E-state index is 0.372. The summed E-state index contributed by atoms with van der Waals surface area (Å²) >= 11 is 0. The second-order valence-corrected chi connectivity index (χ2v) is 5.75. The van der Waals surface area contributed by atoms with E-state index in [0.717, 1.165) is 6.42 Å². The standard InChI is InChI=1S/C19H25N/c1-13-9-10-17(11-15(13)3)12-19(20-5)18-8-6-7-14(2)16(18)4/h6-11,19-20H,12H2,1-5H3. The Balaban J connectivity index is 2.28. The quantitative estimate of drug-likeness (QED) is 0.864. The Morgan fingerprint density at radius 1 is 0.900 bits per heavy atom. The summed E-state index contributed by atoms with van der Waals surface area (Å²) in [7, 11) is 2.05. The van der Waals surface area contributed by atoms with E-state index >= 15 is 0 Å². The summed E-state index contributed by atoms with van der Waals surface area (Å²) in [5.41, 5.74) is 8.30. The number of aryl methyl sites for hydroxylation is 3. The molecule has 2 aromatic carbocycles. The minimum atomic E-state index is 0.372. The van der Waals surface area contributed by atoms with Gasteiger partial charge in [-0.3, -0.25) is 0 Å². The van der Waals surface area contributed by atoms with Crippen LogP contribution >= 0.6 is 0 Å². The largest absolute Gasteiger partial charge is 0.313 e. The number of hydrogen-bond donors (Lipinski definition) is 1. The van der Waals surface area contributed by atoms with E-state index in [2.05, 4.69) is 69.4 Å². The molecule has 0 amide bonds. The first-order chi connectivity index (χ1) is 9.52. The molecule has 0 aliphatic rings. The van der Waals surface area contributed by atoms with Crippen LogP contribution in [0.5, 0.6) is 0 Å². The highest BCUT2D eigenvalue weighted by Gasteiger charge is 2.13. The maximum atomic E-state index is 3.47. The van der Waals surface area contributed by atoms with E-state index in [9.17, 15) is 0 Å². The monoisotopic (exact) mass is 267 g/mol. The van der Waals surface area contributed by atoms with Gasteiger partial charge >= 0.3 is 0 Å². The van der Waals surface area contributed by atoms with E-state index in [0.29, 0.717) is 6.04 Å². The molecular formula is C19H25N. The van der Waals surface area contributed by atoms with Gasteiger partial charge in [0.25, 0.3) is 0 Å². The van der Waals surface area contributed by atoms with Gasteiger partial charge in [-0.2, -0.15) is 0 Å². The van der Waals surface area contributed by atoms with Gasteiger partial charge in [-0.15, -0.1) is 0 Å². The Bertz CT molecular complexity index is 599. The molecular weight excluding hydrogens is 242 g/mol. The van der Waals surface area contributed by atoms with Gasteiger partial charge in [-0.05, 0) is 74.5 Å². The van der Waals surface area contributed by atoms with E-state index in [1.165, 1.54) is 33.4 Å². The molecule has 1 nitrogen and oxygen atoms in total. The molecule has 0 fully saturated rings. The molecule has 1 unspecified atom stereocenters. The van der Waals surface area contributed by atoms with Gasteiger partial charge in [0.2, 0.25) is 0 Å². The molecule has 1 N–H and O–H groups in total. The van der Waals surface area contributed by atoms with E-state index in [-0.39, 0.29) is 0 Å². The highest BCUT2D eigenvalue weighted by Crippen LogP contribution is 2.24. The van der Waals surface area contributed by atoms with Gasteiger partial charge in [0.1, 0.15) is 0 Å². The third-order valence-electron chi connectivity index (χ3n) is 4.38. The Morgan fingerprint density at radius 3 is 2.30 bits per heavy atom. The molecule has 0 heterocycles. The van der Waals surface area contributed by atoms with Crippen molar-refractivity contribution in [2.45, 2.75) is 40.2 Å². The highest BCUT2D eigenvalue weighted by molar-refractivity contribution is 5.37. The summed E-state index contributed by atoms with van der Waals surface area (Å²) in [6.07, 6.45) is 1.03. The van der Waals surface area contributed by atoms with Crippen molar-refractivity contribution in [2.75, 3.05) is 7.05 Å². The van der Waals surface area contributed by atoms with Crippen molar-refractivity contribution >= 4 is 0 Å². The zero-order valence-electron chi connectivity index (χ0n) is 13.2. The molecule has 0 radical (unpaired) electrons. The first-order valence-corrected chi connectivity index (χ1v) is 7.32. The lowest BCUT2D eigenvalue weighted by molar-refractivity contribution is 0.588. The third-order valence-corrected chi connectivity index (χ3v) is 4.38. The van der Waals surface area contributed by atoms with Crippen LogP contribution in [0.3, 0.4) is 0 Å². The minimum Gasteiger partial charge on any atom is -0.313 e. The fourth-order valence-electron chi connectivity index (χ4n) is 2.69. The maximum Gasteiger partial charge on any atom is 0.0361 e. The SMILES string of the molecule is CNC(Cc1ccc(C)c(C)c1)c1cccc(C)c1C. The predicted molar refractivity (Wildman–Crippen MR) is 87.3 cm³/mol. The summed E-state index contributed by atoms with van der Waals surface area (Å²) in [4.78, 5) is 0. The summed E-state index contributed by atoms with van der Waals surface area (Å²) in [5.74, 6) is 0. The lowest BCUT2D eigenvalue weighted by Gasteiger charge is -2.20. The van der Waals surface area contributed by atoms with Crippen LogP contribution < -0.4 is 5.32 Å². The van der Waals surface area contributed by atoms with Crippen molar-refractivity contribution in [1.29, 1.82) is 0 Å². The summed E-state index contributed by atoms with van der Waals surface area (Å²) < 4.78 is 0. The molecule has 2 aromatic rings. The summed E-state index contributed by atoms with van der Waals surface area (Å²) in [6, 6.07) is 13.7. The second-order valence-electron chi connectivity index (χ2n) is 5.75. The molecule has 0 spiro atoms. The van der Waals surface area contributed by atoms with Crippen LogP contribution in [-0.4, -0.2) is 7.05 Å². The van der Waals surface area contributed by atoms with Crippen molar-refractivity contribution in [2.24, 2.45) is 0 Å². The number of nitrogens with one attached hydrogen (secondary N) is 1. The van der Waals surface area contributed by atoms with Gasteiger partial charge in [0, 0.05) is 6.04 Å². The van der Waals surface area contributed by atoms with Crippen molar-refractivity contribution < 1.29 is 0 Å². The van der Waals surface area contributed by atoms with Crippen LogP contribution in [0.1, 0.15) is 39.4 Å². The number of rotatable bonds is 4. The normalized spacial score (nSPS) is 12.4. The summed E-state index contributed by atoms with van der Waals surface area (Å²) in [6.45, 7) is 8.75. The Hall–Kier alpha value is -1.60. The lowest BCUT2D eigenvalue weighted by Crippen LogP contribution is -2.20. The van der Waals surface area contributed by atoms with E-state index in [1.807, 2.05) is 7.05 Å². The van der Waals surface area contributed by atoms with Crippen LogP contribution in [0, 0.1) is 27.7 Å². The Labute approximate surface area is 123 Å². The van der Waals surface area contributed by atoms with Crippen LogP contribution in [0.2, 0.25) is 0 Å². The predicted octanol–water partition coefficient (Wildman–Crippen LogP) is 4.42. The summed E-state index contributed by atoms with van der Waals surface area (Å²) in [5, 5.41) is 3.47. The molecule has 106 valence electrons. The smallest absolute Gasteiger partial charge is 0.0361 e. The van der Waals surface area contributed by atoms with Crippen LogP contribution in [0.15, 0.2) is 36.4 Å². The fourth-order valence-corrected chi connectivity index (χ4v) is 2.69. The topological polar surface area (TPSA) is 12.0 Å². The van der Waals surface area contributed by atoms with Gasteiger partial charge in [0.15, 0.2) is 0 Å². The van der Waals surface area contributed by atoms with E-state index in [1.54, 1.807) is 0 Å². The molecule has 0 aliphatic carbocycles. The molecule has 0 aromatic heterocycles. The zero-order chi connectivity index (χ0) is 14.7. The molecule has 2 rings (SSSR count). The molecule has 0 bridgehead atoms. The number of likely N-dealkylation sites (N-methyl/N-ethyl adjacent to an activating group) is 1. The Kier molecular flexibility index (Phi) is 4.61. The molecule has 1 atom stereocenters. The van der Waals surface area contributed by atoms with Gasteiger partial charge in [-0.1, -0.05) is 36.4 Å². The first kappa shape index (κ1) is 14.8. The molecule has 1 heteroatoms. The van der Waals surface area contributed by atoms with Crippen LogP contribution in [0.4, 0.5) is 0 Å². The molecule has 0 saturated heterocycles. The third kappa shape index (κ3) is 3.10. The van der Waals surface area contributed by atoms with Crippen LogP contribution in [0.25, 0.3) is 0 Å². The van der Waals surface area contributed by atoms with Gasteiger partial charge in [-0.25, -0.2) is 0 Å². The number of benzene rings is 2.